The van der Waals surface area contributed by atoms with E-state index in [1.165, 1.54) is 38.9 Å². The fraction of sp³-hybridized carbons (Fsp3) is 0.214. The van der Waals surface area contributed by atoms with Crippen LogP contribution in [0.25, 0.3) is 0 Å². The zero-order chi connectivity index (χ0) is 25.4. The highest BCUT2D eigenvalue weighted by Crippen LogP contribution is 2.69. The van der Waals surface area contributed by atoms with Crippen molar-refractivity contribution in [2.24, 2.45) is 0 Å². The first-order chi connectivity index (χ1) is 17.4. The van der Waals surface area contributed by atoms with Crippen molar-refractivity contribution in [2.45, 2.75) is 23.7 Å². The van der Waals surface area contributed by atoms with Crippen molar-refractivity contribution in [3.8, 4) is 11.5 Å². The molecule has 1 fully saturated rings. The summed E-state index contributed by atoms with van der Waals surface area (Å²) in [6, 6.07) is 17.4. The van der Waals surface area contributed by atoms with E-state index in [1.807, 2.05) is 42.5 Å². The van der Waals surface area contributed by atoms with E-state index < -0.39 is 11.3 Å². The first kappa shape index (κ1) is 24.2. The minimum Gasteiger partial charge on any atom is -0.490 e. The maximum atomic E-state index is 13.0. The number of benzene rings is 2. The molecule has 0 aliphatic heterocycles. The van der Waals surface area contributed by atoms with Gasteiger partial charge in [-0.3, -0.25) is 9.59 Å². The molecule has 1 aliphatic rings. The van der Waals surface area contributed by atoms with Crippen LogP contribution < -0.4 is 20.3 Å². The van der Waals surface area contributed by atoms with E-state index in [1.54, 1.807) is 6.07 Å². The minimum absolute atomic E-state index is 0.0384. The van der Waals surface area contributed by atoms with Gasteiger partial charge in [0.1, 0.15) is 0 Å². The molecule has 2 aromatic carbocycles. The van der Waals surface area contributed by atoms with Crippen LogP contribution in [0.5, 0.6) is 11.5 Å². The number of halogens is 2. The van der Waals surface area contributed by atoms with Gasteiger partial charge in [-0.15, -0.1) is 0 Å². The lowest BCUT2D eigenvalue weighted by Gasteiger charge is -2.55. The maximum Gasteiger partial charge on any atom is 0.227 e. The lowest BCUT2D eigenvalue weighted by Crippen LogP contribution is -2.51. The first-order valence-electron chi connectivity index (χ1n) is 11.3. The van der Waals surface area contributed by atoms with Gasteiger partial charge in [0.2, 0.25) is 22.4 Å². The molecule has 6 nitrogen and oxygen atoms in total. The van der Waals surface area contributed by atoms with Crippen LogP contribution in [0.15, 0.2) is 91.6 Å². The van der Waals surface area contributed by atoms with E-state index in [-0.39, 0.29) is 34.0 Å². The number of hydrogen-bond donors (Lipinski definition) is 0. The molecule has 1 aliphatic carbocycles. The third kappa shape index (κ3) is 3.55. The second kappa shape index (κ2) is 9.52. The second-order valence-corrected chi connectivity index (χ2v) is 9.36. The van der Waals surface area contributed by atoms with Crippen LogP contribution in [-0.2, 0) is 5.41 Å². The largest absolute Gasteiger partial charge is 0.490 e. The Kier molecular flexibility index (Phi) is 6.41. The average molecular weight is 525 g/mol. The molecule has 36 heavy (non-hydrogen) atoms. The van der Waals surface area contributed by atoms with E-state index in [2.05, 4.69) is 0 Å². The van der Waals surface area contributed by atoms with Crippen LogP contribution in [0, 0.1) is 0 Å². The molecular weight excluding hydrogens is 503 g/mol. The summed E-state index contributed by atoms with van der Waals surface area (Å²) >= 11 is 13.5. The molecule has 0 unspecified atom stereocenters. The van der Waals surface area contributed by atoms with Crippen molar-refractivity contribution >= 4 is 23.2 Å². The molecule has 2 aromatic heterocycles. The summed E-state index contributed by atoms with van der Waals surface area (Å²) in [5, 5.41) is 1.00. The Balaban J connectivity index is 1.93. The minimum atomic E-state index is -1.13. The van der Waals surface area contributed by atoms with Crippen molar-refractivity contribution in [1.82, 2.24) is 0 Å². The molecule has 0 amide bonds. The number of methoxy groups -OCH3 is 2. The molecule has 184 valence electrons. The molecule has 3 atom stereocenters. The molecule has 8 heteroatoms. The van der Waals surface area contributed by atoms with Crippen LogP contribution in [0.2, 0.25) is 10.0 Å². The van der Waals surface area contributed by atoms with Crippen LogP contribution in [0.3, 0.4) is 0 Å². The Morgan fingerprint density at radius 2 is 1.39 bits per heavy atom. The molecular formula is C28H22Cl2O6. The highest BCUT2D eigenvalue weighted by molar-refractivity contribution is 6.32. The van der Waals surface area contributed by atoms with Gasteiger partial charge in [0, 0.05) is 34.0 Å². The average Bonchev–Trinajstić information content (AvgIpc) is 2.86. The molecule has 1 saturated carbocycles. The number of rotatable bonds is 6. The molecule has 0 N–H and O–H groups in total. The summed E-state index contributed by atoms with van der Waals surface area (Å²) in [6.45, 7) is 0. The molecule has 4 aromatic rings. The van der Waals surface area contributed by atoms with E-state index in [0.29, 0.717) is 27.8 Å². The summed E-state index contributed by atoms with van der Waals surface area (Å²) in [6.07, 6.45) is 3.16. The zero-order valence-corrected chi connectivity index (χ0v) is 21.0. The van der Waals surface area contributed by atoms with Crippen LogP contribution >= 0.6 is 23.2 Å². The fourth-order valence-electron chi connectivity index (χ4n) is 5.49. The van der Waals surface area contributed by atoms with Crippen LogP contribution in [0.1, 0.15) is 40.9 Å². The molecule has 2 heterocycles. The van der Waals surface area contributed by atoms with Crippen molar-refractivity contribution in [1.29, 1.82) is 0 Å². The van der Waals surface area contributed by atoms with E-state index in [4.69, 9.17) is 41.5 Å². The second-order valence-electron chi connectivity index (χ2n) is 8.54. The summed E-state index contributed by atoms with van der Waals surface area (Å²) in [7, 11) is 2.83. The maximum absolute atomic E-state index is 13.0. The van der Waals surface area contributed by atoms with Gasteiger partial charge in [0.25, 0.3) is 0 Å². The predicted octanol–water partition coefficient (Wildman–Crippen LogP) is 6.17. The van der Waals surface area contributed by atoms with E-state index >= 15 is 0 Å². The Bertz CT molecular complexity index is 1540. The van der Waals surface area contributed by atoms with Gasteiger partial charge in [-0.1, -0.05) is 59.6 Å². The van der Waals surface area contributed by atoms with Gasteiger partial charge in [-0.05, 0) is 29.7 Å². The summed E-state index contributed by atoms with van der Waals surface area (Å²) in [4.78, 5) is 25.7. The summed E-state index contributed by atoms with van der Waals surface area (Å²) in [5.41, 5.74) is -0.292. The monoisotopic (exact) mass is 524 g/mol. The Hall–Kier alpha value is -3.48. The molecule has 0 saturated heterocycles. The first-order valence-corrected chi connectivity index (χ1v) is 12.0. The number of hydrogen-bond acceptors (Lipinski definition) is 6. The third-order valence-corrected chi connectivity index (χ3v) is 7.64. The van der Waals surface area contributed by atoms with Crippen molar-refractivity contribution < 1.29 is 18.3 Å². The van der Waals surface area contributed by atoms with Crippen molar-refractivity contribution in [2.75, 3.05) is 14.2 Å². The van der Waals surface area contributed by atoms with Crippen molar-refractivity contribution in [3.63, 3.8) is 0 Å². The molecule has 0 radical (unpaired) electrons. The molecule has 0 bridgehead atoms. The topological polar surface area (TPSA) is 78.9 Å². The normalized spacial score (nSPS) is 21.0. The van der Waals surface area contributed by atoms with Gasteiger partial charge < -0.3 is 18.3 Å². The lowest BCUT2D eigenvalue weighted by atomic mass is 9.46. The highest BCUT2D eigenvalue weighted by Gasteiger charge is 2.64. The Morgan fingerprint density at radius 1 is 0.778 bits per heavy atom. The van der Waals surface area contributed by atoms with Gasteiger partial charge in [-0.25, -0.2) is 0 Å². The quantitative estimate of drug-likeness (QED) is 0.300. The smallest absolute Gasteiger partial charge is 0.227 e. The van der Waals surface area contributed by atoms with E-state index in [9.17, 15) is 9.59 Å². The molecule has 5 rings (SSSR count). The van der Waals surface area contributed by atoms with Crippen LogP contribution in [-0.4, -0.2) is 14.2 Å². The van der Waals surface area contributed by atoms with Gasteiger partial charge in [0.05, 0.1) is 32.2 Å². The van der Waals surface area contributed by atoms with Crippen molar-refractivity contribution in [3.05, 3.63) is 126 Å². The summed E-state index contributed by atoms with van der Waals surface area (Å²) < 4.78 is 23.1. The predicted molar refractivity (Wildman–Crippen MR) is 137 cm³/mol. The standard InChI is InChI=1S/C28H22Cl2O6/c1-33-25-22(31)11-13-35-24(25)19-15-18(16-7-3-5-9-20(16)29)28(19,17-8-4-6-10-21(17)30)27-26(34-2)23(32)12-14-36-27/h3-14,18-19H,15H2,1-2H3/t18-,19-,28+/m1/s1. The Labute approximate surface area is 217 Å². The lowest BCUT2D eigenvalue weighted by molar-refractivity contribution is 0.123. The third-order valence-electron chi connectivity index (χ3n) is 6.97. The zero-order valence-electron chi connectivity index (χ0n) is 19.5. The van der Waals surface area contributed by atoms with Gasteiger partial charge >= 0.3 is 0 Å². The van der Waals surface area contributed by atoms with Crippen LogP contribution in [0.4, 0.5) is 0 Å². The van der Waals surface area contributed by atoms with Gasteiger partial charge in [0.15, 0.2) is 11.5 Å². The highest BCUT2D eigenvalue weighted by atomic mass is 35.5. The Morgan fingerprint density at radius 3 is 2.06 bits per heavy atom. The number of ether oxygens (including phenoxy) is 2. The van der Waals surface area contributed by atoms with Gasteiger partial charge in [-0.2, -0.15) is 0 Å². The van der Waals surface area contributed by atoms with E-state index in [0.717, 1.165) is 5.56 Å². The summed E-state index contributed by atoms with van der Waals surface area (Å²) in [5.74, 6) is -0.125. The molecule has 0 spiro atoms. The fourth-order valence-corrected chi connectivity index (χ4v) is 6.05. The SMILES string of the molecule is COc1c([C@H]2C[C@H](c3ccccc3Cl)[C@]2(c2ccccc2Cl)c2occc(=O)c2OC)occc1=O.